The summed E-state index contributed by atoms with van der Waals surface area (Å²) in [7, 11) is 1.72. The van der Waals surface area contributed by atoms with Crippen molar-refractivity contribution >= 4 is 0 Å². The average Bonchev–Trinajstić information content (AvgIpc) is 1.97. The van der Waals surface area contributed by atoms with Gasteiger partial charge in [0.1, 0.15) is 0 Å². The number of hydrogen-bond donors (Lipinski definition) is 0. The highest BCUT2D eigenvalue weighted by molar-refractivity contribution is 4.49. The van der Waals surface area contributed by atoms with Gasteiger partial charge in [0.2, 0.25) is 0 Å². The maximum atomic E-state index is 4.94. The molecule has 0 saturated carbocycles. The topological polar surface area (TPSA) is 18.5 Å². The van der Waals surface area contributed by atoms with E-state index in [2.05, 4.69) is 6.58 Å². The normalized spacial score (nSPS) is 9.30. The highest BCUT2D eigenvalue weighted by Crippen LogP contribution is 1.95. The van der Waals surface area contributed by atoms with Crippen LogP contribution in [0, 0.1) is 0 Å². The molecule has 0 amide bonds. The molecule has 2 heteroatoms. The first kappa shape index (κ1) is 9.50. The van der Waals surface area contributed by atoms with Crippen LogP contribution >= 0.6 is 0 Å². The summed E-state index contributed by atoms with van der Waals surface area (Å²) in [5.41, 5.74) is 0. The SMILES string of the molecule is C=COCCCCCOC. The molecule has 0 unspecified atom stereocenters. The zero-order valence-corrected chi connectivity index (χ0v) is 6.64. The molecule has 0 saturated heterocycles. The minimum absolute atomic E-state index is 0.785. The van der Waals surface area contributed by atoms with E-state index in [1.807, 2.05) is 0 Å². The first-order valence-corrected chi connectivity index (χ1v) is 3.63. The van der Waals surface area contributed by atoms with Gasteiger partial charge in [-0.25, -0.2) is 0 Å². The lowest BCUT2D eigenvalue weighted by molar-refractivity contribution is 0.185. The third-order valence-corrected chi connectivity index (χ3v) is 1.23. The van der Waals surface area contributed by atoms with Crippen molar-refractivity contribution in [3.8, 4) is 0 Å². The second-order valence-corrected chi connectivity index (χ2v) is 2.09. The molecule has 2 nitrogen and oxygen atoms in total. The molecule has 0 aliphatic carbocycles. The molecule has 0 aliphatic heterocycles. The van der Waals surface area contributed by atoms with Gasteiger partial charge in [-0.15, -0.1) is 0 Å². The largest absolute Gasteiger partial charge is 0.502 e. The highest BCUT2D eigenvalue weighted by atomic mass is 16.5. The first-order valence-electron chi connectivity index (χ1n) is 3.63. The molecule has 0 aromatic rings. The molecule has 0 spiro atoms. The number of methoxy groups -OCH3 is 1. The molecular formula is C8H16O2. The molecule has 0 bridgehead atoms. The smallest absolute Gasteiger partial charge is 0.0873 e. The van der Waals surface area contributed by atoms with Crippen molar-refractivity contribution < 1.29 is 9.47 Å². The Kier molecular flexibility index (Phi) is 8.07. The zero-order chi connectivity index (χ0) is 7.66. The lowest BCUT2D eigenvalue weighted by Gasteiger charge is -1.99. The summed E-state index contributed by atoms with van der Waals surface area (Å²) >= 11 is 0. The van der Waals surface area contributed by atoms with Crippen LogP contribution in [-0.2, 0) is 9.47 Å². The number of rotatable bonds is 7. The van der Waals surface area contributed by atoms with Gasteiger partial charge in [-0.2, -0.15) is 0 Å². The van der Waals surface area contributed by atoms with Crippen molar-refractivity contribution in [2.45, 2.75) is 19.3 Å². The van der Waals surface area contributed by atoms with Gasteiger partial charge in [-0.05, 0) is 19.3 Å². The molecule has 0 radical (unpaired) electrons. The standard InChI is InChI=1S/C8H16O2/c1-3-10-8-6-4-5-7-9-2/h3H,1,4-8H2,2H3. The van der Waals surface area contributed by atoms with Crippen LogP contribution < -0.4 is 0 Å². The summed E-state index contributed by atoms with van der Waals surface area (Å²) in [6.45, 7) is 5.09. The molecule has 0 atom stereocenters. The van der Waals surface area contributed by atoms with E-state index in [4.69, 9.17) is 9.47 Å². The van der Waals surface area contributed by atoms with E-state index >= 15 is 0 Å². The maximum absolute atomic E-state index is 4.94. The lowest BCUT2D eigenvalue weighted by atomic mass is 10.2. The van der Waals surface area contributed by atoms with E-state index in [0.717, 1.165) is 26.1 Å². The fourth-order valence-electron chi connectivity index (χ4n) is 0.692. The van der Waals surface area contributed by atoms with Crippen LogP contribution in [0.3, 0.4) is 0 Å². The van der Waals surface area contributed by atoms with Gasteiger partial charge in [0, 0.05) is 13.7 Å². The summed E-state index contributed by atoms with van der Waals surface area (Å²) in [6, 6.07) is 0. The molecular weight excluding hydrogens is 128 g/mol. The van der Waals surface area contributed by atoms with Crippen molar-refractivity contribution in [1.29, 1.82) is 0 Å². The number of unbranched alkanes of at least 4 members (excludes halogenated alkanes) is 2. The molecule has 0 rings (SSSR count). The van der Waals surface area contributed by atoms with Gasteiger partial charge in [0.15, 0.2) is 0 Å². The molecule has 0 fully saturated rings. The van der Waals surface area contributed by atoms with Crippen LogP contribution in [0.5, 0.6) is 0 Å². The summed E-state index contributed by atoms with van der Waals surface area (Å²) in [5, 5.41) is 0. The Balaban J connectivity index is 2.70. The Bertz CT molecular complexity index is 71.7. The quantitative estimate of drug-likeness (QED) is 0.401. The van der Waals surface area contributed by atoms with Crippen LogP contribution in [-0.4, -0.2) is 20.3 Å². The van der Waals surface area contributed by atoms with E-state index in [-0.39, 0.29) is 0 Å². The molecule has 60 valence electrons. The molecule has 10 heavy (non-hydrogen) atoms. The second-order valence-electron chi connectivity index (χ2n) is 2.09. The number of ether oxygens (including phenoxy) is 2. The Morgan fingerprint density at radius 2 is 1.90 bits per heavy atom. The molecule has 0 aromatic heterocycles. The summed E-state index contributed by atoms with van der Waals surface area (Å²) < 4.78 is 9.82. The van der Waals surface area contributed by atoms with E-state index < -0.39 is 0 Å². The van der Waals surface area contributed by atoms with Crippen molar-refractivity contribution in [2.75, 3.05) is 20.3 Å². The van der Waals surface area contributed by atoms with Crippen LogP contribution in [0.4, 0.5) is 0 Å². The summed E-state index contributed by atoms with van der Waals surface area (Å²) in [5.74, 6) is 0. The maximum Gasteiger partial charge on any atom is 0.0873 e. The summed E-state index contributed by atoms with van der Waals surface area (Å²) in [6.07, 6.45) is 4.87. The Hall–Kier alpha value is -0.500. The third kappa shape index (κ3) is 7.50. The van der Waals surface area contributed by atoms with E-state index in [1.54, 1.807) is 7.11 Å². The van der Waals surface area contributed by atoms with Gasteiger partial charge >= 0.3 is 0 Å². The lowest BCUT2D eigenvalue weighted by Crippen LogP contribution is -1.91. The number of hydrogen-bond acceptors (Lipinski definition) is 2. The summed E-state index contributed by atoms with van der Waals surface area (Å²) in [4.78, 5) is 0. The van der Waals surface area contributed by atoms with Crippen molar-refractivity contribution in [2.24, 2.45) is 0 Å². The van der Waals surface area contributed by atoms with Gasteiger partial charge < -0.3 is 9.47 Å². The molecule has 0 N–H and O–H groups in total. The average molecular weight is 144 g/mol. The predicted octanol–water partition coefficient (Wildman–Crippen LogP) is 1.96. The third-order valence-electron chi connectivity index (χ3n) is 1.23. The minimum atomic E-state index is 0.785. The zero-order valence-electron chi connectivity index (χ0n) is 6.64. The van der Waals surface area contributed by atoms with Crippen LogP contribution in [0.25, 0.3) is 0 Å². The first-order chi connectivity index (χ1) is 4.91. The van der Waals surface area contributed by atoms with Crippen molar-refractivity contribution in [3.05, 3.63) is 12.8 Å². The molecule has 0 aliphatic rings. The van der Waals surface area contributed by atoms with E-state index in [1.165, 1.54) is 12.7 Å². The van der Waals surface area contributed by atoms with Crippen molar-refractivity contribution in [3.63, 3.8) is 0 Å². The van der Waals surface area contributed by atoms with E-state index in [9.17, 15) is 0 Å². The Morgan fingerprint density at radius 3 is 2.50 bits per heavy atom. The predicted molar refractivity (Wildman–Crippen MR) is 41.9 cm³/mol. The van der Waals surface area contributed by atoms with Crippen molar-refractivity contribution in [1.82, 2.24) is 0 Å². The van der Waals surface area contributed by atoms with Crippen LogP contribution in [0.15, 0.2) is 12.8 Å². The molecule has 0 aromatic carbocycles. The fraction of sp³-hybridized carbons (Fsp3) is 0.750. The highest BCUT2D eigenvalue weighted by Gasteiger charge is 1.86. The van der Waals surface area contributed by atoms with Gasteiger partial charge in [-0.1, -0.05) is 6.58 Å². The Labute approximate surface area is 62.8 Å². The molecule has 0 heterocycles. The van der Waals surface area contributed by atoms with Crippen LogP contribution in [0.1, 0.15) is 19.3 Å². The Morgan fingerprint density at radius 1 is 1.20 bits per heavy atom. The van der Waals surface area contributed by atoms with Gasteiger partial charge in [-0.3, -0.25) is 0 Å². The second kappa shape index (κ2) is 8.50. The van der Waals surface area contributed by atoms with Gasteiger partial charge in [0.25, 0.3) is 0 Å². The monoisotopic (exact) mass is 144 g/mol. The fourth-order valence-corrected chi connectivity index (χ4v) is 0.692. The minimum Gasteiger partial charge on any atom is -0.502 e. The van der Waals surface area contributed by atoms with Gasteiger partial charge in [0.05, 0.1) is 12.9 Å². The van der Waals surface area contributed by atoms with Crippen LogP contribution in [0.2, 0.25) is 0 Å². The van der Waals surface area contributed by atoms with E-state index in [0.29, 0.717) is 0 Å².